The Morgan fingerprint density at radius 3 is 2.41 bits per heavy atom. The third-order valence-electron chi connectivity index (χ3n) is 6.26. The van der Waals surface area contributed by atoms with Crippen LogP contribution in [-0.4, -0.2) is 38.8 Å². The number of amides is 1. The van der Waals surface area contributed by atoms with Crippen LogP contribution in [0.3, 0.4) is 0 Å². The van der Waals surface area contributed by atoms with E-state index in [4.69, 9.17) is 0 Å². The van der Waals surface area contributed by atoms with E-state index in [2.05, 4.69) is 15.0 Å². The quantitative estimate of drug-likeness (QED) is 0.279. The van der Waals surface area contributed by atoms with Crippen molar-refractivity contribution in [1.29, 1.82) is 0 Å². The van der Waals surface area contributed by atoms with Crippen molar-refractivity contribution in [2.75, 3.05) is 13.1 Å². The second kappa shape index (κ2) is 9.55. The third-order valence-corrected chi connectivity index (χ3v) is 7.31. The molecule has 0 N–H and O–H groups in total. The summed E-state index contributed by atoms with van der Waals surface area (Å²) in [6.07, 6.45) is -3.39. The number of aromatic nitrogens is 2. The fourth-order valence-electron chi connectivity index (χ4n) is 4.41. The Balaban J connectivity index is 1.39. The molecule has 0 atom stereocenters. The predicted molar refractivity (Wildman–Crippen MR) is 129 cm³/mol. The highest BCUT2D eigenvalue weighted by Crippen LogP contribution is 2.38. The van der Waals surface area contributed by atoms with Gasteiger partial charge < -0.3 is 4.90 Å². The first-order valence-electron chi connectivity index (χ1n) is 11.5. The molecule has 37 heavy (non-hydrogen) atoms. The molecule has 0 radical (unpaired) electrons. The number of rotatable bonds is 3. The lowest BCUT2D eigenvalue weighted by molar-refractivity contribution is -0.143. The van der Waals surface area contributed by atoms with Crippen molar-refractivity contribution in [2.24, 2.45) is 4.99 Å². The molecule has 1 aromatic heterocycles. The Morgan fingerprint density at radius 2 is 1.70 bits per heavy atom. The minimum atomic E-state index is -4.96. The van der Waals surface area contributed by atoms with Crippen LogP contribution < -0.4 is 0 Å². The molecule has 0 bridgehead atoms. The maximum atomic E-state index is 13.5. The molecule has 194 valence electrons. The molecule has 2 aliphatic heterocycles. The van der Waals surface area contributed by atoms with Crippen LogP contribution >= 0.6 is 11.8 Å². The van der Waals surface area contributed by atoms with Gasteiger partial charge in [-0.1, -0.05) is 12.1 Å². The molecule has 2 aliphatic rings. The molecular formula is C25H20F6N4OS. The van der Waals surface area contributed by atoms with E-state index >= 15 is 0 Å². The summed E-state index contributed by atoms with van der Waals surface area (Å²) >= 11 is 1.32. The SMILES string of the molecule is O=C1N=C(N2CCCCC2)SC1=Cc1ccc2c(cnn2Cc2ccc(C(F)(F)F)cc2C(F)(F)F)c1. The van der Waals surface area contributed by atoms with Crippen LogP contribution in [0.15, 0.2) is 52.5 Å². The normalized spacial score (nSPS) is 18.2. The first-order valence-corrected chi connectivity index (χ1v) is 12.3. The Bertz CT molecular complexity index is 1420. The summed E-state index contributed by atoms with van der Waals surface area (Å²) in [5, 5.41) is 5.46. The largest absolute Gasteiger partial charge is 0.416 e. The summed E-state index contributed by atoms with van der Waals surface area (Å²) in [6, 6.07) is 6.70. The van der Waals surface area contributed by atoms with E-state index in [0.717, 1.165) is 38.4 Å². The van der Waals surface area contributed by atoms with Gasteiger partial charge in [-0.15, -0.1) is 0 Å². The van der Waals surface area contributed by atoms with E-state index in [-0.39, 0.29) is 24.1 Å². The number of thioether (sulfide) groups is 1. The highest BCUT2D eigenvalue weighted by Gasteiger charge is 2.38. The Kier molecular flexibility index (Phi) is 6.55. The fraction of sp³-hybridized carbons (Fsp3) is 0.320. The summed E-state index contributed by atoms with van der Waals surface area (Å²) in [6.45, 7) is 1.37. The van der Waals surface area contributed by atoms with E-state index < -0.39 is 23.5 Å². The molecule has 12 heteroatoms. The van der Waals surface area contributed by atoms with Gasteiger partial charge in [-0.3, -0.25) is 9.48 Å². The molecule has 5 nitrogen and oxygen atoms in total. The van der Waals surface area contributed by atoms with E-state index in [9.17, 15) is 31.1 Å². The van der Waals surface area contributed by atoms with Crippen molar-refractivity contribution in [2.45, 2.75) is 38.2 Å². The molecule has 1 saturated heterocycles. The maximum Gasteiger partial charge on any atom is 0.416 e. The number of benzene rings is 2. The number of halogens is 6. The number of hydrogen-bond donors (Lipinski definition) is 0. The number of piperidine rings is 1. The molecule has 5 rings (SSSR count). The summed E-state index contributed by atoms with van der Waals surface area (Å²) in [7, 11) is 0. The monoisotopic (exact) mass is 538 g/mol. The van der Waals surface area contributed by atoms with Crippen molar-refractivity contribution in [3.8, 4) is 0 Å². The number of aliphatic imine (C=N–C) groups is 1. The molecule has 0 saturated carbocycles. The summed E-state index contributed by atoms with van der Waals surface area (Å²) in [5.41, 5.74) is -1.84. The summed E-state index contributed by atoms with van der Waals surface area (Å²) in [5.74, 6) is -0.316. The van der Waals surface area contributed by atoms with Gasteiger partial charge in [0.15, 0.2) is 5.17 Å². The lowest BCUT2D eigenvalue weighted by Crippen LogP contribution is -2.33. The molecule has 1 fully saturated rings. The van der Waals surface area contributed by atoms with Crippen molar-refractivity contribution >= 4 is 39.8 Å². The summed E-state index contributed by atoms with van der Waals surface area (Å²) in [4.78, 5) is 19.2. The van der Waals surface area contributed by atoms with Gasteiger partial charge in [-0.05, 0) is 72.5 Å². The zero-order valence-corrected chi connectivity index (χ0v) is 20.1. The van der Waals surface area contributed by atoms with Gasteiger partial charge in [0.2, 0.25) is 0 Å². The van der Waals surface area contributed by atoms with Gasteiger partial charge in [0.05, 0.1) is 34.3 Å². The van der Waals surface area contributed by atoms with E-state index in [1.807, 2.05) is 0 Å². The summed E-state index contributed by atoms with van der Waals surface area (Å²) < 4.78 is 80.8. The molecule has 0 spiro atoms. The van der Waals surface area contributed by atoms with Crippen LogP contribution in [0.2, 0.25) is 0 Å². The molecule has 3 heterocycles. The average molecular weight is 539 g/mol. The van der Waals surface area contributed by atoms with Crippen molar-refractivity contribution in [3.63, 3.8) is 0 Å². The second-order valence-electron chi connectivity index (χ2n) is 8.85. The highest BCUT2D eigenvalue weighted by atomic mass is 32.2. The Hall–Kier alpha value is -3.28. The predicted octanol–water partition coefficient (Wildman–Crippen LogP) is 6.58. The highest BCUT2D eigenvalue weighted by molar-refractivity contribution is 8.18. The van der Waals surface area contributed by atoms with Crippen molar-refractivity contribution < 1.29 is 31.1 Å². The van der Waals surface area contributed by atoms with Gasteiger partial charge in [0.1, 0.15) is 0 Å². The Morgan fingerprint density at radius 1 is 0.946 bits per heavy atom. The number of likely N-dealkylation sites (tertiary alicyclic amines) is 1. The van der Waals surface area contributed by atoms with E-state index in [1.54, 1.807) is 24.3 Å². The van der Waals surface area contributed by atoms with Crippen LogP contribution in [-0.2, 0) is 23.7 Å². The number of nitrogens with zero attached hydrogens (tertiary/aromatic N) is 4. The zero-order chi connectivity index (χ0) is 26.4. The minimum Gasteiger partial charge on any atom is -0.351 e. The lowest BCUT2D eigenvalue weighted by Gasteiger charge is -2.27. The molecule has 0 unspecified atom stereocenters. The topological polar surface area (TPSA) is 50.5 Å². The van der Waals surface area contributed by atoms with Crippen LogP contribution in [0.25, 0.3) is 17.0 Å². The molecule has 3 aromatic rings. The third kappa shape index (κ3) is 5.39. The standard InChI is InChI=1S/C25H20F6N4OS/c26-24(27,28)18-6-5-16(19(12-18)25(29,30)31)14-35-20-7-4-15(10-17(20)13-32-35)11-21-22(36)33-23(37-21)34-8-2-1-3-9-34/h4-7,10-13H,1-3,8-9,14H2. The van der Waals surface area contributed by atoms with Crippen LogP contribution in [0, 0.1) is 0 Å². The smallest absolute Gasteiger partial charge is 0.351 e. The van der Waals surface area contributed by atoms with E-state index in [1.165, 1.54) is 22.6 Å². The van der Waals surface area contributed by atoms with Crippen LogP contribution in [0.4, 0.5) is 26.3 Å². The first kappa shape index (κ1) is 25.4. The van der Waals surface area contributed by atoms with Gasteiger partial charge in [0, 0.05) is 18.5 Å². The van der Waals surface area contributed by atoms with Gasteiger partial charge in [-0.2, -0.15) is 36.4 Å². The van der Waals surface area contributed by atoms with Crippen LogP contribution in [0.1, 0.15) is 41.5 Å². The van der Waals surface area contributed by atoms with Crippen molar-refractivity contribution in [1.82, 2.24) is 14.7 Å². The number of fused-ring (bicyclic) bond motifs is 1. The van der Waals surface area contributed by atoms with Gasteiger partial charge >= 0.3 is 12.4 Å². The second-order valence-corrected chi connectivity index (χ2v) is 9.85. The number of alkyl halides is 6. The number of amidine groups is 1. The molecule has 0 aliphatic carbocycles. The fourth-order valence-corrected chi connectivity index (χ4v) is 5.37. The van der Waals surface area contributed by atoms with E-state index in [0.29, 0.717) is 32.6 Å². The molecule has 2 aromatic carbocycles. The lowest BCUT2D eigenvalue weighted by atomic mass is 10.0. The average Bonchev–Trinajstić information content (AvgIpc) is 3.41. The number of hydrogen-bond acceptors (Lipinski definition) is 4. The maximum absolute atomic E-state index is 13.5. The van der Waals surface area contributed by atoms with Crippen LogP contribution in [0.5, 0.6) is 0 Å². The van der Waals surface area contributed by atoms with Crippen molar-refractivity contribution in [3.05, 3.63) is 69.8 Å². The zero-order valence-electron chi connectivity index (χ0n) is 19.2. The number of carbonyl (C=O) groups excluding carboxylic acids is 1. The Labute approximate surface area is 211 Å². The minimum absolute atomic E-state index is 0.127. The molecule has 1 amide bonds. The first-order chi connectivity index (χ1) is 17.5. The number of carbonyl (C=O) groups is 1. The van der Waals surface area contributed by atoms with Gasteiger partial charge in [-0.25, -0.2) is 0 Å². The van der Waals surface area contributed by atoms with Gasteiger partial charge in [0.25, 0.3) is 5.91 Å². The molecular weight excluding hydrogens is 518 g/mol.